The Hall–Kier alpha value is -1.63. The van der Waals surface area contributed by atoms with Crippen molar-refractivity contribution in [1.29, 1.82) is 0 Å². The molecule has 1 aromatic heterocycles. The van der Waals surface area contributed by atoms with Crippen LogP contribution in [0.4, 0.5) is 0 Å². The second-order valence-electron chi connectivity index (χ2n) is 6.57. The molecule has 1 amide bonds. The molecule has 1 N–H and O–H groups in total. The van der Waals surface area contributed by atoms with Gasteiger partial charge in [-0.2, -0.15) is 5.10 Å². The Morgan fingerprint density at radius 1 is 1.24 bits per heavy atom. The first-order chi connectivity index (χ1) is 11.2. The van der Waals surface area contributed by atoms with Crippen molar-refractivity contribution in [2.24, 2.45) is 0 Å². The molecule has 0 aliphatic carbocycles. The monoisotopic (exact) mass is 383 g/mol. The lowest BCUT2D eigenvalue weighted by atomic mass is 9.98. The van der Waals surface area contributed by atoms with E-state index in [0.717, 1.165) is 18.5 Å². The van der Waals surface area contributed by atoms with Crippen LogP contribution in [-0.2, 0) is 0 Å². The molecule has 3 heterocycles. The Morgan fingerprint density at radius 3 is 2.60 bits per heavy atom. The van der Waals surface area contributed by atoms with E-state index in [9.17, 15) is 4.79 Å². The summed E-state index contributed by atoms with van der Waals surface area (Å²) in [6, 6.07) is 9.06. The van der Waals surface area contributed by atoms with E-state index >= 15 is 0 Å². The van der Waals surface area contributed by atoms with Gasteiger partial charge in [0, 0.05) is 30.7 Å². The zero-order valence-electron chi connectivity index (χ0n) is 14.0. The molecule has 2 aliphatic rings. The molecule has 2 aromatic rings. The molecule has 4 rings (SSSR count). The fourth-order valence-electron chi connectivity index (χ4n) is 3.84. The molecule has 2 bridgehead atoms. The third kappa shape index (κ3) is 3.97. The van der Waals surface area contributed by atoms with Gasteiger partial charge in [-0.05, 0) is 43.9 Å². The summed E-state index contributed by atoms with van der Waals surface area (Å²) < 4.78 is 1.67. The van der Waals surface area contributed by atoms with E-state index in [4.69, 9.17) is 0 Å². The average Bonchev–Trinajstić information content (AvgIpc) is 3.23. The molecule has 136 valence electrons. The Bertz CT molecular complexity index is 697. The number of piperidine rings is 1. The number of carbonyl (C=O) groups is 1. The number of benzene rings is 1. The van der Waals surface area contributed by atoms with Gasteiger partial charge in [-0.1, -0.05) is 6.07 Å². The van der Waals surface area contributed by atoms with E-state index in [1.54, 1.807) is 11.0 Å². The summed E-state index contributed by atoms with van der Waals surface area (Å²) >= 11 is 0. The molecule has 8 heteroatoms. The molecule has 0 radical (unpaired) electrons. The lowest BCUT2D eigenvalue weighted by Crippen LogP contribution is -2.48. The van der Waals surface area contributed by atoms with Gasteiger partial charge in [-0.3, -0.25) is 4.79 Å². The first kappa shape index (κ1) is 19.7. The lowest BCUT2D eigenvalue weighted by Gasteiger charge is -2.35. The predicted octanol–water partition coefficient (Wildman–Crippen LogP) is 2.47. The molecule has 1 aromatic carbocycles. The summed E-state index contributed by atoms with van der Waals surface area (Å²) in [5.41, 5.74) is 1.55. The number of nitrogens with zero attached hydrogens (tertiary/aromatic N) is 4. The zero-order chi connectivity index (χ0) is 15.8. The maximum atomic E-state index is 12.9. The number of nitrogens with one attached hydrogen (secondary N) is 1. The van der Waals surface area contributed by atoms with Crippen molar-refractivity contribution in [2.75, 3.05) is 7.05 Å². The molecular weight excluding hydrogens is 361 g/mol. The Morgan fingerprint density at radius 2 is 1.96 bits per heavy atom. The first-order valence-corrected chi connectivity index (χ1v) is 8.19. The van der Waals surface area contributed by atoms with Crippen LogP contribution in [0.25, 0.3) is 5.69 Å². The highest BCUT2D eigenvalue weighted by Gasteiger charge is 2.36. The van der Waals surface area contributed by atoms with Crippen molar-refractivity contribution in [1.82, 2.24) is 25.0 Å². The number of rotatable bonds is 3. The normalized spacial score (nSPS) is 24.1. The van der Waals surface area contributed by atoms with Crippen LogP contribution >= 0.6 is 24.8 Å². The van der Waals surface area contributed by atoms with Crippen LogP contribution in [0.3, 0.4) is 0 Å². The largest absolute Gasteiger partial charge is 0.339 e. The van der Waals surface area contributed by atoms with Crippen molar-refractivity contribution in [3.05, 3.63) is 42.5 Å². The van der Waals surface area contributed by atoms with Crippen LogP contribution in [0.2, 0.25) is 0 Å². The predicted molar refractivity (Wildman–Crippen MR) is 101 cm³/mol. The van der Waals surface area contributed by atoms with E-state index < -0.39 is 0 Å². The molecular formula is C17H23Cl2N5O. The van der Waals surface area contributed by atoms with Crippen LogP contribution in [0.15, 0.2) is 36.9 Å². The standard InChI is InChI=1S/C17H21N5O.2ClH/c1-21(16-8-13-5-6-14(9-16)20-13)17(23)12-3-2-4-15(7-12)22-11-18-10-19-22;;/h2-4,7,10-11,13-14,16,20H,5-6,8-9H2,1H3;2*1H. The van der Waals surface area contributed by atoms with Crippen molar-refractivity contribution in [2.45, 2.75) is 43.8 Å². The van der Waals surface area contributed by atoms with Gasteiger partial charge in [0.25, 0.3) is 5.91 Å². The Labute approximate surface area is 159 Å². The highest BCUT2D eigenvalue weighted by molar-refractivity contribution is 5.94. The van der Waals surface area contributed by atoms with Crippen molar-refractivity contribution >= 4 is 30.7 Å². The van der Waals surface area contributed by atoms with E-state index in [0.29, 0.717) is 23.7 Å². The maximum Gasteiger partial charge on any atom is 0.253 e. The first-order valence-electron chi connectivity index (χ1n) is 8.19. The molecule has 6 nitrogen and oxygen atoms in total. The molecule has 2 saturated heterocycles. The van der Waals surface area contributed by atoms with Crippen LogP contribution in [0.1, 0.15) is 36.0 Å². The van der Waals surface area contributed by atoms with Crippen molar-refractivity contribution < 1.29 is 4.79 Å². The number of hydrogen-bond acceptors (Lipinski definition) is 4. The van der Waals surface area contributed by atoms with Gasteiger partial charge in [-0.25, -0.2) is 9.67 Å². The number of halogens is 2. The van der Waals surface area contributed by atoms with Gasteiger partial charge in [0.1, 0.15) is 12.7 Å². The summed E-state index contributed by atoms with van der Waals surface area (Å²) in [7, 11) is 1.93. The molecule has 2 unspecified atom stereocenters. The van der Waals surface area contributed by atoms with Crippen LogP contribution < -0.4 is 5.32 Å². The Balaban J connectivity index is 0.00000113. The summed E-state index contributed by atoms with van der Waals surface area (Å²) in [5.74, 6) is 0.0817. The van der Waals surface area contributed by atoms with Gasteiger partial charge in [0.15, 0.2) is 0 Å². The third-order valence-corrected chi connectivity index (χ3v) is 5.09. The summed E-state index contributed by atoms with van der Waals surface area (Å²) in [5, 5.41) is 7.75. The second kappa shape index (κ2) is 8.17. The SMILES string of the molecule is CN(C(=O)c1cccc(-n2cncn2)c1)C1CC2CCC(C1)N2.Cl.Cl. The van der Waals surface area contributed by atoms with Gasteiger partial charge >= 0.3 is 0 Å². The molecule has 0 spiro atoms. The van der Waals surface area contributed by atoms with Crippen LogP contribution in [0.5, 0.6) is 0 Å². The molecule has 2 aliphatic heterocycles. The molecule has 25 heavy (non-hydrogen) atoms. The fraction of sp³-hybridized carbons (Fsp3) is 0.471. The van der Waals surface area contributed by atoms with E-state index in [1.165, 1.54) is 19.2 Å². The lowest BCUT2D eigenvalue weighted by molar-refractivity contribution is 0.0681. The highest BCUT2D eigenvalue weighted by Crippen LogP contribution is 2.29. The summed E-state index contributed by atoms with van der Waals surface area (Å²) in [4.78, 5) is 18.7. The quantitative estimate of drug-likeness (QED) is 0.883. The number of amides is 1. The fourth-order valence-corrected chi connectivity index (χ4v) is 3.84. The van der Waals surface area contributed by atoms with E-state index in [1.807, 2.05) is 36.2 Å². The second-order valence-corrected chi connectivity index (χ2v) is 6.57. The van der Waals surface area contributed by atoms with Crippen LogP contribution in [0, 0.1) is 0 Å². The minimum absolute atomic E-state index is 0. The van der Waals surface area contributed by atoms with Crippen molar-refractivity contribution in [3.63, 3.8) is 0 Å². The molecule has 2 fully saturated rings. The maximum absolute atomic E-state index is 12.9. The van der Waals surface area contributed by atoms with Crippen LogP contribution in [-0.4, -0.2) is 50.7 Å². The zero-order valence-corrected chi connectivity index (χ0v) is 15.7. The van der Waals surface area contributed by atoms with Gasteiger partial charge in [0.05, 0.1) is 5.69 Å². The molecule has 2 atom stereocenters. The number of aromatic nitrogens is 3. The third-order valence-electron chi connectivity index (χ3n) is 5.09. The minimum atomic E-state index is 0. The average molecular weight is 384 g/mol. The number of fused-ring (bicyclic) bond motifs is 2. The summed E-state index contributed by atoms with van der Waals surface area (Å²) in [6.07, 6.45) is 7.72. The van der Waals surface area contributed by atoms with Gasteiger partial charge in [0.2, 0.25) is 0 Å². The highest BCUT2D eigenvalue weighted by atomic mass is 35.5. The molecule has 0 saturated carbocycles. The van der Waals surface area contributed by atoms with Crippen molar-refractivity contribution in [3.8, 4) is 5.69 Å². The van der Waals surface area contributed by atoms with Gasteiger partial charge in [-0.15, -0.1) is 24.8 Å². The van der Waals surface area contributed by atoms with E-state index in [2.05, 4.69) is 15.4 Å². The number of hydrogen-bond donors (Lipinski definition) is 1. The Kier molecular flexibility index (Phi) is 6.43. The van der Waals surface area contributed by atoms with Gasteiger partial charge < -0.3 is 10.2 Å². The smallest absolute Gasteiger partial charge is 0.253 e. The minimum Gasteiger partial charge on any atom is -0.339 e. The number of carbonyl (C=O) groups excluding carboxylic acids is 1. The summed E-state index contributed by atoms with van der Waals surface area (Å²) in [6.45, 7) is 0. The van der Waals surface area contributed by atoms with E-state index in [-0.39, 0.29) is 30.7 Å². The topological polar surface area (TPSA) is 63.1 Å².